The number of piperidine rings is 1. The third-order valence-corrected chi connectivity index (χ3v) is 6.60. The second-order valence-electron chi connectivity index (χ2n) is 8.13. The Morgan fingerprint density at radius 2 is 2.21 bits per heavy atom. The van der Waals surface area contributed by atoms with Gasteiger partial charge in [-0.1, -0.05) is 4.49 Å². The van der Waals surface area contributed by atoms with Gasteiger partial charge >= 0.3 is 0 Å². The number of β-amino-alcohol motifs (C(OH)–C–C–N with tert-alkyl or cyclic N) is 1. The third-order valence-electron chi connectivity index (χ3n) is 5.95. The Labute approximate surface area is 193 Å². The maximum atomic E-state index is 14.9. The van der Waals surface area contributed by atoms with Crippen molar-refractivity contribution in [3.05, 3.63) is 47.8 Å². The highest BCUT2D eigenvalue weighted by Crippen LogP contribution is 2.26. The van der Waals surface area contributed by atoms with Gasteiger partial charge in [0.2, 0.25) is 5.88 Å². The zero-order chi connectivity index (χ0) is 22.8. The average Bonchev–Trinajstić information content (AvgIpc) is 3.30. The predicted octanol–water partition coefficient (Wildman–Crippen LogP) is 2.27. The first-order chi connectivity index (χ1) is 16.1. The number of aliphatic hydroxyl groups excluding tert-OH is 1. The summed E-state index contributed by atoms with van der Waals surface area (Å²) in [5.41, 5.74) is 3.65. The number of likely N-dealkylation sites (tertiary alicyclic amines) is 1. The summed E-state index contributed by atoms with van der Waals surface area (Å²) in [6.07, 6.45) is 2.21. The van der Waals surface area contributed by atoms with E-state index < -0.39 is 12.3 Å². The van der Waals surface area contributed by atoms with Crippen LogP contribution in [0.15, 0.2) is 36.7 Å². The molecule has 0 bridgehead atoms. The van der Waals surface area contributed by atoms with E-state index >= 15 is 0 Å². The minimum absolute atomic E-state index is 0.252. The van der Waals surface area contributed by atoms with Crippen LogP contribution in [-0.2, 0) is 6.54 Å². The first kappa shape index (κ1) is 22.0. The zero-order valence-electron chi connectivity index (χ0n) is 18.1. The summed E-state index contributed by atoms with van der Waals surface area (Å²) in [7, 11) is 1.55. The van der Waals surface area contributed by atoms with Gasteiger partial charge in [0.1, 0.15) is 11.7 Å². The van der Waals surface area contributed by atoms with Crippen LogP contribution in [-0.4, -0.2) is 73.5 Å². The molecule has 4 aromatic heterocycles. The molecular weight excluding hydrogens is 445 g/mol. The van der Waals surface area contributed by atoms with E-state index in [1.54, 1.807) is 31.6 Å². The number of alkyl halides is 1. The molecule has 3 atom stereocenters. The minimum Gasteiger partial charge on any atom is -0.481 e. The van der Waals surface area contributed by atoms with Crippen molar-refractivity contribution < 1.29 is 14.2 Å². The monoisotopic (exact) mass is 469 g/mol. The van der Waals surface area contributed by atoms with Crippen molar-refractivity contribution in [1.82, 2.24) is 34.8 Å². The van der Waals surface area contributed by atoms with Gasteiger partial charge in [-0.3, -0.25) is 9.88 Å². The van der Waals surface area contributed by atoms with E-state index in [1.165, 1.54) is 11.5 Å². The SMILES string of the molecule is COc1ccc2nccc([C@@H](O)CN3CCC(NCc4cnc5snnc5c4)C(F)C3)c2n1. The maximum Gasteiger partial charge on any atom is 0.213 e. The van der Waals surface area contributed by atoms with Gasteiger partial charge in [-0.05, 0) is 36.7 Å². The Kier molecular flexibility index (Phi) is 6.36. The fourth-order valence-corrected chi connectivity index (χ4v) is 4.69. The Morgan fingerprint density at radius 1 is 1.30 bits per heavy atom. The second kappa shape index (κ2) is 9.56. The Hall–Kier alpha value is -2.86. The Balaban J connectivity index is 1.19. The van der Waals surface area contributed by atoms with Crippen molar-refractivity contribution in [2.75, 3.05) is 26.7 Å². The molecule has 5 heterocycles. The van der Waals surface area contributed by atoms with Crippen LogP contribution in [0.4, 0.5) is 4.39 Å². The molecule has 172 valence electrons. The molecule has 5 rings (SSSR count). The highest BCUT2D eigenvalue weighted by molar-refractivity contribution is 7.12. The lowest BCUT2D eigenvalue weighted by Crippen LogP contribution is -2.51. The van der Waals surface area contributed by atoms with Crippen molar-refractivity contribution in [2.24, 2.45) is 0 Å². The van der Waals surface area contributed by atoms with Gasteiger partial charge in [-0.15, -0.1) is 5.10 Å². The van der Waals surface area contributed by atoms with Crippen LogP contribution in [0.25, 0.3) is 21.4 Å². The fourth-order valence-electron chi connectivity index (χ4n) is 4.19. The van der Waals surface area contributed by atoms with Crippen molar-refractivity contribution in [3.63, 3.8) is 0 Å². The van der Waals surface area contributed by atoms with E-state index in [1.807, 2.05) is 17.0 Å². The summed E-state index contributed by atoms with van der Waals surface area (Å²) in [6.45, 7) is 1.78. The quantitative estimate of drug-likeness (QED) is 0.421. The van der Waals surface area contributed by atoms with Gasteiger partial charge in [-0.2, -0.15) is 0 Å². The molecule has 0 aromatic carbocycles. The summed E-state index contributed by atoms with van der Waals surface area (Å²) >= 11 is 1.26. The number of nitrogens with zero attached hydrogens (tertiary/aromatic N) is 6. The van der Waals surface area contributed by atoms with Crippen molar-refractivity contribution in [2.45, 2.75) is 31.3 Å². The normalized spacial score (nSPS) is 20.3. The summed E-state index contributed by atoms with van der Waals surface area (Å²) < 4.78 is 24.0. The van der Waals surface area contributed by atoms with Crippen LogP contribution in [0.5, 0.6) is 5.88 Å². The summed E-state index contributed by atoms with van der Waals surface area (Å²) in [5, 5.41) is 18.2. The molecule has 1 fully saturated rings. The number of halogens is 1. The average molecular weight is 470 g/mol. The lowest BCUT2D eigenvalue weighted by Gasteiger charge is -2.36. The van der Waals surface area contributed by atoms with E-state index in [4.69, 9.17) is 4.74 Å². The van der Waals surface area contributed by atoms with E-state index in [9.17, 15) is 9.50 Å². The smallest absolute Gasteiger partial charge is 0.213 e. The van der Waals surface area contributed by atoms with Gasteiger partial charge in [0.15, 0.2) is 4.83 Å². The Bertz CT molecular complexity index is 1260. The number of hydrogen-bond acceptors (Lipinski definition) is 10. The molecule has 9 nitrogen and oxygen atoms in total. The number of nitrogens with one attached hydrogen (secondary N) is 1. The minimum atomic E-state index is -1.05. The molecule has 0 spiro atoms. The van der Waals surface area contributed by atoms with E-state index in [-0.39, 0.29) is 12.6 Å². The molecule has 1 aliphatic heterocycles. The molecule has 33 heavy (non-hydrogen) atoms. The fraction of sp³-hybridized carbons (Fsp3) is 0.409. The van der Waals surface area contributed by atoms with Crippen molar-refractivity contribution in [3.8, 4) is 5.88 Å². The van der Waals surface area contributed by atoms with Crippen LogP contribution in [0.1, 0.15) is 23.7 Å². The van der Waals surface area contributed by atoms with Crippen LogP contribution in [0.2, 0.25) is 0 Å². The van der Waals surface area contributed by atoms with Crippen LogP contribution < -0.4 is 10.1 Å². The largest absolute Gasteiger partial charge is 0.481 e. The number of ether oxygens (including phenoxy) is 1. The maximum absolute atomic E-state index is 14.9. The first-order valence-electron chi connectivity index (χ1n) is 10.7. The van der Waals surface area contributed by atoms with E-state index in [0.717, 1.165) is 15.9 Å². The number of hydrogen-bond donors (Lipinski definition) is 2. The highest BCUT2D eigenvalue weighted by Gasteiger charge is 2.30. The van der Waals surface area contributed by atoms with Crippen molar-refractivity contribution in [1.29, 1.82) is 0 Å². The van der Waals surface area contributed by atoms with Crippen LogP contribution >= 0.6 is 11.5 Å². The lowest BCUT2D eigenvalue weighted by molar-refractivity contribution is 0.0570. The summed E-state index contributed by atoms with van der Waals surface area (Å²) in [4.78, 5) is 15.8. The van der Waals surface area contributed by atoms with Gasteiger partial charge in [0.25, 0.3) is 0 Å². The molecule has 0 amide bonds. The molecule has 0 saturated carbocycles. The summed E-state index contributed by atoms with van der Waals surface area (Å²) in [6, 6.07) is 6.97. The molecule has 0 aliphatic carbocycles. The molecule has 1 aliphatic rings. The number of aliphatic hydroxyl groups is 1. The van der Waals surface area contributed by atoms with Gasteiger partial charge in [-0.25, -0.2) is 14.4 Å². The summed E-state index contributed by atoms with van der Waals surface area (Å²) in [5.74, 6) is 0.458. The topological polar surface area (TPSA) is 109 Å². The molecule has 2 unspecified atom stereocenters. The molecular formula is C22H24FN7O2S. The van der Waals surface area contributed by atoms with E-state index in [0.29, 0.717) is 48.5 Å². The molecule has 1 saturated heterocycles. The van der Waals surface area contributed by atoms with E-state index in [2.05, 4.69) is 29.9 Å². The Morgan fingerprint density at radius 3 is 3.06 bits per heavy atom. The number of aromatic nitrogens is 5. The number of pyridine rings is 3. The van der Waals surface area contributed by atoms with Gasteiger partial charge in [0, 0.05) is 61.2 Å². The van der Waals surface area contributed by atoms with Gasteiger partial charge in [0.05, 0.1) is 24.2 Å². The highest BCUT2D eigenvalue weighted by atomic mass is 32.1. The molecule has 0 radical (unpaired) electrons. The van der Waals surface area contributed by atoms with Crippen LogP contribution in [0, 0.1) is 0 Å². The van der Waals surface area contributed by atoms with Gasteiger partial charge < -0.3 is 15.2 Å². The van der Waals surface area contributed by atoms with Crippen LogP contribution in [0.3, 0.4) is 0 Å². The number of fused-ring (bicyclic) bond motifs is 2. The first-order valence-corrected chi connectivity index (χ1v) is 11.5. The molecule has 4 aromatic rings. The van der Waals surface area contributed by atoms with Crippen molar-refractivity contribution >= 4 is 32.9 Å². The molecule has 11 heteroatoms. The third kappa shape index (κ3) is 4.76. The second-order valence-corrected chi connectivity index (χ2v) is 8.86. The number of methoxy groups -OCH3 is 1. The molecule has 2 N–H and O–H groups in total. The number of rotatable bonds is 7. The zero-order valence-corrected chi connectivity index (χ0v) is 18.9. The predicted molar refractivity (Wildman–Crippen MR) is 123 cm³/mol. The standard InChI is InChI=1S/C22H24FN7O2S/c1-32-20-3-2-17-21(27-20)14(4-6-24-17)19(31)12-30-7-5-16(15(23)11-30)25-9-13-8-18-22(26-10-13)33-29-28-18/h2-4,6,8,10,15-16,19,25,31H,5,7,9,11-12H2,1H3/t15?,16?,19-/m0/s1. The lowest BCUT2D eigenvalue weighted by atomic mass is 10.0.